The van der Waals surface area contributed by atoms with Crippen molar-refractivity contribution < 1.29 is 14.7 Å². The fourth-order valence-electron chi connectivity index (χ4n) is 1.51. The molecule has 0 aliphatic carbocycles. The Bertz CT molecular complexity index is 449. The summed E-state index contributed by atoms with van der Waals surface area (Å²) in [5, 5.41) is 15.4. The van der Waals surface area contributed by atoms with Gasteiger partial charge in [0.25, 0.3) is 0 Å². The molecule has 1 rings (SSSR count). The van der Waals surface area contributed by atoms with E-state index >= 15 is 0 Å². The lowest BCUT2D eigenvalue weighted by molar-refractivity contribution is -0.142. The van der Waals surface area contributed by atoms with Crippen LogP contribution in [-0.2, 0) is 16.6 Å². The molecule has 1 heterocycles. The molecule has 1 aromatic heterocycles. The Morgan fingerprint density at radius 1 is 1.63 bits per heavy atom. The molecule has 0 spiro atoms. The molecule has 0 fully saturated rings. The molecule has 0 bridgehead atoms. The Labute approximate surface area is 115 Å². The van der Waals surface area contributed by atoms with E-state index in [1.807, 2.05) is 6.26 Å². The van der Waals surface area contributed by atoms with Gasteiger partial charge in [-0.15, -0.1) is 0 Å². The van der Waals surface area contributed by atoms with Crippen LogP contribution in [0.1, 0.15) is 18.0 Å². The minimum absolute atomic E-state index is 0.363. The third kappa shape index (κ3) is 4.56. The van der Waals surface area contributed by atoms with Crippen LogP contribution >= 0.6 is 11.8 Å². The number of amides is 1. The quantitative estimate of drug-likeness (QED) is 0.637. The molecule has 1 amide bonds. The lowest BCUT2D eigenvalue weighted by atomic mass is 10.1. The van der Waals surface area contributed by atoms with E-state index in [9.17, 15) is 9.59 Å². The summed E-state index contributed by atoms with van der Waals surface area (Å²) < 4.78 is 1.53. The van der Waals surface area contributed by atoms with E-state index in [-0.39, 0.29) is 0 Å². The summed E-state index contributed by atoms with van der Waals surface area (Å²) in [6, 6.07) is -1.83. The number of hydrogen-bond acceptors (Lipinski definition) is 5. The standard InChI is InChI=1S/C11H18N4O3S/c1-15-6-7(5-13-15)9(12)10(16)14-8(11(17)18)3-4-19-2/h5-6,8-9H,3-4,12H2,1-2H3,(H,14,16)(H,17,18)/t8-,9?/m1/s1. The smallest absolute Gasteiger partial charge is 0.326 e. The molecular formula is C11H18N4O3S. The maximum atomic E-state index is 11.9. The Morgan fingerprint density at radius 3 is 2.79 bits per heavy atom. The largest absolute Gasteiger partial charge is 0.480 e. The normalized spacial score (nSPS) is 13.8. The summed E-state index contributed by atoms with van der Waals surface area (Å²) in [5.74, 6) is -0.915. The van der Waals surface area contributed by atoms with Crippen molar-refractivity contribution in [3.8, 4) is 0 Å². The van der Waals surface area contributed by atoms with Crippen molar-refractivity contribution in [3.63, 3.8) is 0 Å². The van der Waals surface area contributed by atoms with Crippen LogP contribution in [0.2, 0.25) is 0 Å². The van der Waals surface area contributed by atoms with Crippen LogP contribution in [-0.4, -0.2) is 44.8 Å². The number of carbonyl (C=O) groups excluding carboxylic acids is 1. The molecule has 1 aromatic rings. The van der Waals surface area contributed by atoms with Gasteiger partial charge in [-0.25, -0.2) is 4.79 Å². The van der Waals surface area contributed by atoms with E-state index in [1.165, 1.54) is 22.6 Å². The molecule has 8 heteroatoms. The second kappa shape index (κ2) is 7.15. The lowest BCUT2D eigenvalue weighted by Gasteiger charge is -2.16. The van der Waals surface area contributed by atoms with E-state index in [1.54, 1.807) is 13.2 Å². The molecule has 7 nitrogen and oxygen atoms in total. The predicted molar refractivity (Wildman–Crippen MR) is 72.7 cm³/mol. The first-order valence-corrected chi connectivity index (χ1v) is 7.11. The van der Waals surface area contributed by atoms with Gasteiger partial charge in [-0.2, -0.15) is 16.9 Å². The Balaban J connectivity index is 2.63. The van der Waals surface area contributed by atoms with E-state index in [0.29, 0.717) is 17.7 Å². The summed E-state index contributed by atoms with van der Waals surface area (Å²) in [5.41, 5.74) is 6.32. The Kier molecular flexibility index (Phi) is 5.84. The molecule has 0 aliphatic rings. The van der Waals surface area contributed by atoms with Gasteiger partial charge in [-0.05, 0) is 18.4 Å². The van der Waals surface area contributed by atoms with Crippen molar-refractivity contribution in [1.29, 1.82) is 0 Å². The maximum absolute atomic E-state index is 11.9. The zero-order valence-corrected chi connectivity index (χ0v) is 11.7. The number of aliphatic carboxylic acids is 1. The third-order valence-electron chi connectivity index (χ3n) is 2.59. The van der Waals surface area contributed by atoms with Crippen LogP contribution in [0.5, 0.6) is 0 Å². The summed E-state index contributed by atoms with van der Waals surface area (Å²) in [6.07, 6.45) is 5.36. The topological polar surface area (TPSA) is 110 Å². The van der Waals surface area contributed by atoms with Gasteiger partial charge >= 0.3 is 5.97 Å². The SMILES string of the molecule is CSCC[C@@H](NC(=O)C(N)c1cnn(C)c1)C(=O)O. The second-order valence-electron chi connectivity index (χ2n) is 4.11. The van der Waals surface area contributed by atoms with Crippen LogP contribution in [0, 0.1) is 0 Å². The Hall–Kier alpha value is -1.54. The van der Waals surface area contributed by atoms with Crippen LogP contribution in [0.4, 0.5) is 0 Å². The summed E-state index contributed by atoms with van der Waals surface area (Å²) >= 11 is 1.52. The number of aryl methyl sites for hydroxylation is 1. The number of hydrogen-bond donors (Lipinski definition) is 3. The number of nitrogens with two attached hydrogens (primary N) is 1. The van der Waals surface area contributed by atoms with Gasteiger partial charge < -0.3 is 16.2 Å². The van der Waals surface area contributed by atoms with Gasteiger partial charge in [0.1, 0.15) is 12.1 Å². The first-order valence-electron chi connectivity index (χ1n) is 5.72. The van der Waals surface area contributed by atoms with Crippen molar-refractivity contribution in [3.05, 3.63) is 18.0 Å². The molecule has 0 radical (unpaired) electrons. The Morgan fingerprint density at radius 2 is 2.32 bits per heavy atom. The highest BCUT2D eigenvalue weighted by molar-refractivity contribution is 7.98. The summed E-state index contributed by atoms with van der Waals surface area (Å²) in [7, 11) is 1.71. The van der Waals surface area contributed by atoms with Crippen molar-refractivity contribution in [2.75, 3.05) is 12.0 Å². The van der Waals surface area contributed by atoms with Crippen molar-refractivity contribution in [1.82, 2.24) is 15.1 Å². The van der Waals surface area contributed by atoms with E-state index in [4.69, 9.17) is 10.8 Å². The zero-order valence-electron chi connectivity index (χ0n) is 10.9. The van der Waals surface area contributed by atoms with Gasteiger partial charge in [-0.3, -0.25) is 9.48 Å². The van der Waals surface area contributed by atoms with Crippen LogP contribution in [0.25, 0.3) is 0 Å². The van der Waals surface area contributed by atoms with Crippen LogP contribution in [0.3, 0.4) is 0 Å². The number of carboxylic acid groups (broad SMARTS) is 1. The number of nitrogens with one attached hydrogen (secondary N) is 1. The minimum atomic E-state index is -1.05. The zero-order chi connectivity index (χ0) is 14.4. The van der Waals surface area contributed by atoms with Gasteiger partial charge in [0.15, 0.2) is 0 Å². The van der Waals surface area contributed by atoms with Crippen molar-refractivity contribution >= 4 is 23.6 Å². The molecule has 0 saturated heterocycles. The second-order valence-corrected chi connectivity index (χ2v) is 5.09. The molecule has 19 heavy (non-hydrogen) atoms. The average molecular weight is 286 g/mol. The number of aromatic nitrogens is 2. The van der Waals surface area contributed by atoms with Crippen LogP contribution < -0.4 is 11.1 Å². The molecule has 4 N–H and O–H groups in total. The fraction of sp³-hybridized carbons (Fsp3) is 0.545. The number of thioether (sulfide) groups is 1. The number of nitrogens with zero attached hydrogens (tertiary/aromatic N) is 2. The van der Waals surface area contributed by atoms with E-state index < -0.39 is 24.0 Å². The number of carbonyl (C=O) groups is 2. The summed E-state index contributed by atoms with van der Waals surface area (Å²) in [6.45, 7) is 0. The van der Waals surface area contributed by atoms with E-state index in [0.717, 1.165) is 0 Å². The number of rotatable bonds is 7. The molecule has 0 aliphatic heterocycles. The van der Waals surface area contributed by atoms with Gasteiger partial charge in [0, 0.05) is 18.8 Å². The first kappa shape index (κ1) is 15.5. The summed E-state index contributed by atoms with van der Waals surface area (Å²) in [4.78, 5) is 22.9. The average Bonchev–Trinajstić information content (AvgIpc) is 2.79. The molecule has 0 saturated carbocycles. The molecule has 1 unspecified atom stereocenters. The molecule has 0 aromatic carbocycles. The van der Waals surface area contributed by atoms with Gasteiger partial charge in [0.2, 0.25) is 5.91 Å². The fourth-order valence-corrected chi connectivity index (χ4v) is 1.98. The van der Waals surface area contributed by atoms with Crippen molar-refractivity contribution in [2.24, 2.45) is 12.8 Å². The van der Waals surface area contributed by atoms with Crippen LogP contribution in [0.15, 0.2) is 12.4 Å². The predicted octanol–water partition coefficient (Wildman–Crippen LogP) is -0.258. The molecule has 2 atom stereocenters. The highest BCUT2D eigenvalue weighted by Gasteiger charge is 2.24. The van der Waals surface area contributed by atoms with E-state index in [2.05, 4.69) is 10.4 Å². The number of carboxylic acids is 1. The minimum Gasteiger partial charge on any atom is -0.480 e. The van der Waals surface area contributed by atoms with Gasteiger partial charge in [-0.1, -0.05) is 0 Å². The highest BCUT2D eigenvalue weighted by atomic mass is 32.2. The molecular weight excluding hydrogens is 268 g/mol. The van der Waals surface area contributed by atoms with Crippen molar-refractivity contribution in [2.45, 2.75) is 18.5 Å². The first-order chi connectivity index (χ1) is 8.95. The maximum Gasteiger partial charge on any atom is 0.326 e. The van der Waals surface area contributed by atoms with Gasteiger partial charge in [0.05, 0.1) is 6.20 Å². The monoisotopic (exact) mass is 286 g/mol. The molecule has 106 valence electrons. The third-order valence-corrected chi connectivity index (χ3v) is 3.24. The lowest BCUT2D eigenvalue weighted by Crippen LogP contribution is -2.45. The highest BCUT2D eigenvalue weighted by Crippen LogP contribution is 2.09.